The molecular weight excluding hydrogens is 424 g/mol. The molecule has 0 spiro atoms. The number of carbonyl (C=O) groups is 1. The molecule has 1 amide bonds. The first-order valence-electron chi connectivity index (χ1n) is 7.62. The van der Waals surface area contributed by atoms with Gasteiger partial charge in [0.05, 0.1) is 10.7 Å². The normalized spacial score (nSPS) is 10.9. The Labute approximate surface area is 171 Å². The summed E-state index contributed by atoms with van der Waals surface area (Å²) in [7, 11) is 0. The number of halogens is 1. The second kappa shape index (κ2) is 7.77. The summed E-state index contributed by atoms with van der Waals surface area (Å²) in [6.45, 7) is 1.95. The highest BCUT2D eigenvalue weighted by Crippen LogP contribution is 2.36. The number of amides is 1. The molecule has 3 aromatic heterocycles. The lowest BCUT2D eigenvalue weighted by molar-refractivity contribution is 0.103. The maximum absolute atomic E-state index is 12.6. The molecule has 0 saturated heterocycles. The molecule has 1 aromatic carbocycles. The zero-order valence-corrected chi connectivity index (χ0v) is 17.0. The summed E-state index contributed by atoms with van der Waals surface area (Å²) in [5.41, 5.74) is 2.22. The second-order valence-corrected chi connectivity index (χ2v) is 8.82. The number of hydrogen-bond acceptors (Lipinski definition) is 8. The highest BCUT2D eigenvalue weighted by atomic mass is 35.5. The highest BCUT2D eigenvalue weighted by Gasteiger charge is 2.16. The Balaban J connectivity index is 1.51. The molecular formula is C16H11ClN6OS3. The van der Waals surface area contributed by atoms with Gasteiger partial charge in [0, 0.05) is 21.7 Å². The van der Waals surface area contributed by atoms with Crippen molar-refractivity contribution >= 4 is 57.6 Å². The fraction of sp³-hybridized carbons (Fsp3) is 0.0625. The van der Waals surface area contributed by atoms with E-state index in [9.17, 15) is 4.79 Å². The molecule has 0 bridgehead atoms. The van der Waals surface area contributed by atoms with Crippen LogP contribution in [0.2, 0.25) is 5.02 Å². The molecule has 4 rings (SSSR count). The molecule has 3 heterocycles. The maximum Gasteiger partial charge on any atom is 0.267 e. The minimum atomic E-state index is -0.248. The Morgan fingerprint density at radius 1 is 1.30 bits per heavy atom. The smallest absolute Gasteiger partial charge is 0.267 e. The predicted molar refractivity (Wildman–Crippen MR) is 107 cm³/mol. The van der Waals surface area contributed by atoms with Crippen molar-refractivity contribution in [2.24, 2.45) is 0 Å². The van der Waals surface area contributed by atoms with Crippen molar-refractivity contribution in [1.82, 2.24) is 25.2 Å². The van der Waals surface area contributed by atoms with Gasteiger partial charge in [-0.2, -0.15) is 4.68 Å². The van der Waals surface area contributed by atoms with E-state index in [0.717, 1.165) is 14.9 Å². The van der Waals surface area contributed by atoms with Crippen LogP contribution >= 0.6 is 46.0 Å². The van der Waals surface area contributed by atoms with Crippen LogP contribution in [0.15, 0.2) is 50.6 Å². The molecule has 11 heteroatoms. The third-order valence-corrected chi connectivity index (χ3v) is 6.89. The summed E-state index contributed by atoms with van der Waals surface area (Å²) in [5, 5.41) is 18.3. The van der Waals surface area contributed by atoms with Crippen molar-refractivity contribution in [3.8, 4) is 5.69 Å². The van der Waals surface area contributed by atoms with E-state index in [2.05, 4.69) is 25.8 Å². The summed E-state index contributed by atoms with van der Waals surface area (Å²) in [6, 6.07) is 7.21. The van der Waals surface area contributed by atoms with Crippen molar-refractivity contribution in [3.63, 3.8) is 0 Å². The van der Waals surface area contributed by atoms with Crippen molar-refractivity contribution in [2.75, 3.05) is 5.32 Å². The molecule has 136 valence electrons. The maximum atomic E-state index is 12.6. The number of thiophene rings is 1. The topological polar surface area (TPSA) is 85.6 Å². The van der Waals surface area contributed by atoms with Crippen LogP contribution < -0.4 is 5.32 Å². The van der Waals surface area contributed by atoms with E-state index < -0.39 is 0 Å². The first kappa shape index (κ1) is 18.1. The lowest BCUT2D eigenvalue weighted by Crippen LogP contribution is -2.13. The van der Waals surface area contributed by atoms with Gasteiger partial charge in [0.25, 0.3) is 5.91 Å². The summed E-state index contributed by atoms with van der Waals surface area (Å²) in [4.78, 5) is 18.5. The molecule has 0 radical (unpaired) electrons. The van der Waals surface area contributed by atoms with Gasteiger partial charge in [0.15, 0.2) is 4.34 Å². The van der Waals surface area contributed by atoms with Crippen LogP contribution in [0.25, 0.3) is 5.69 Å². The van der Waals surface area contributed by atoms with Gasteiger partial charge in [-0.3, -0.25) is 4.79 Å². The van der Waals surface area contributed by atoms with Crippen molar-refractivity contribution in [3.05, 3.63) is 56.9 Å². The van der Waals surface area contributed by atoms with E-state index >= 15 is 0 Å². The number of benzene rings is 1. The van der Waals surface area contributed by atoms with E-state index in [1.165, 1.54) is 34.1 Å². The van der Waals surface area contributed by atoms with Crippen LogP contribution in [-0.2, 0) is 0 Å². The Kier molecular flexibility index (Phi) is 5.21. The van der Waals surface area contributed by atoms with Gasteiger partial charge < -0.3 is 5.32 Å². The van der Waals surface area contributed by atoms with Crippen molar-refractivity contribution in [2.45, 2.75) is 16.2 Å². The van der Waals surface area contributed by atoms with Crippen LogP contribution in [-0.4, -0.2) is 31.1 Å². The van der Waals surface area contributed by atoms with Crippen molar-refractivity contribution in [1.29, 1.82) is 0 Å². The van der Waals surface area contributed by atoms with E-state index in [4.69, 9.17) is 11.6 Å². The number of carbonyl (C=O) groups excluding carboxylic acids is 1. The third kappa shape index (κ3) is 4.03. The fourth-order valence-corrected chi connectivity index (χ4v) is 5.11. The number of nitrogens with one attached hydrogen (secondary N) is 1. The third-order valence-electron chi connectivity index (χ3n) is 3.43. The average molecular weight is 435 g/mol. The van der Waals surface area contributed by atoms with Gasteiger partial charge >= 0.3 is 0 Å². The Morgan fingerprint density at radius 3 is 2.89 bits per heavy atom. The SMILES string of the molecule is Cc1csc(Sc2ccc(NC(=O)c3sccc3-n3cnnn3)cc2Cl)n1. The summed E-state index contributed by atoms with van der Waals surface area (Å²) in [5.74, 6) is -0.248. The molecule has 1 N–H and O–H groups in total. The van der Waals surface area contributed by atoms with Crippen LogP contribution in [0.3, 0.4) is 0 Å². The van der Waals surface area contributed by atoms with Gasteiger partial charge in [-0.15, -0.1) is 27.8 Å². The lowest BCUT2D eigenvalue weighted by atomic mass is 10.3. The molecule has 0 fully saturated rings. The number of anilines is 1. The van der Waals surface area contributed by atoms with Gasteiger partial charge in [-0.1, -0.05) is 23.4 Å². The minimum absolute atomic E-state index is 0.248. The fourth-order valence-electron chi connectivity index (χ4n) is 2.25. The highest BCUT2D eigenvalue weighted by molar-refractivity contribution is 8.01. The number of aryl methyl sites for hydroxylation is 1. The van der Waals surface area contributed by atoms with E-state index in [1.54, 1.807) is 23.5 Å². The summed E-state index contributed by atoms with van der Waals surface area (Å²) < 4.78 is 2.38. The number of hydrogen-bond donors (Lipinski definition) is 1. The van der Waals surface area contributed by atoms with E-state index in [-0.39, 0.29) is 5.91 Å². The lowest BCUT2D eigenvalue weighted by Gasteiger charge is -2.08. The molecule has 0 unspecified atom stereocenters. The van der Waals surface area contributed by atoms with Crippen LogP contribution in [0.4, 0.5) is 5.69 Å². The standard InChI is InChI=1S/C16H11ClN6OS3/c1-9-7-26-16(19-9)27-13-3-2-10(6-11(13)17)20-15(24)14-12(4-5-25-14)23-8-18-21-22-23/h2-8H,1H3,(H,20,24). The molecule has 0 saturated carbocycles. The van der Waals surface area contributed by atoms with E-state index in [1.807, 2.05) is 29.8 Å². The molecule has 4 aromatic rings. The molecule has 0 aliphatic rings. The summed E-state index contributed by atoms with van der Waals surface area (Å²) >= 11 is 10.8. The molecule has 7 nitrogen and oxygen atoms in total. The van der Waals surface area contributed by atoms with Crippen molar-refractivity contribution < 1.29 is 4.79 Å². The van der Waals surface area contributed by atoms with E-state index in [0.29, 0.717) is 21.3 Å². The molecule has 0 atom stereocenters. The van der Waals surface area contributed by atoms with Gasteiger partial charge in [0.1, 0.15) is 11.2 Å². The first-order valence-corrected chi connectivity index (χ1v) is 10.6. The zero-order chi connectivity index (χ0) is 18.8. The molecule has 27 heavy (non-hydrogen) atoms. The van der Waals surface area contributed by atoms with Gasteiger partial charge in [0.2, 0.25) is 0 Å². The van der Waals surface area contributed by atoms with Crippen LogP contribution in [0.5, 0.6) is 0 Å². The number of rotatable bonds is 5. The van der Waals surface area contributed by atoms with Crippen LogP contribution in [0.1, 0.15) is 15.4 Å². The number of aromatic nitrogens is 5. The largest absolute Gasteiger partial charge is 0.321 e. The predicted octanol–water partition coefficient (Wildman–Crippen LogP) is 4.55. The number of nitrogens with zero attached hydrogens (tertiary/aromatic N) is 5. The first-order chi connectivity index (χ1) is 13.1. The molecule has 0 aliphatic heterocycles. The van der Waals surface area contributed by atoms with Crippen LogP contribution in [0, 0.1) is 6.92 Å². The second-order valence-electron chi connectivity index (χ2n) is 5.35. The minimum Gasteiger partial charge on any atom is -0.321 e. The number of tetrazole rings is 1. The Morgan fingerprint density at radius 2 is 2.19 bits per heavy atom. The van der Waals surface area contributed by atoms with Gasteiger partial charge in [-0.05, 0) is 47.0 Å². The molecule has 0 aliphatic carbocycles. The zero-order valence-electron chi connectivity index (χ0n) is 13.8. The Bertz CT molecular complexity index is 1090. The monoisotopic (exact) mass is 434 g/mol. The number of thiazole rings is 1. The quantitative estimate of drug-likeness (QED) is 0.496. The van der Waals surface area contributed by atoms with Gasteiger partial charge in [-0.25, -0.2) is 4.98 Å². The Hall–Kier alpha value is -2.27. The average Bonchev–Trinajstić information content (AvgIpc) is 3.38. The summed E-state index contributed by atoms with van der Waals surface area (Å²) in [6.07, 6.45) is 1.45.